The number of hydrogen-bond acceptors (Lipinski definition) is 16. The summed E-state index contributed by atoms with van der Waals surface area (Å²) in [5.74, 6) is 4.34. The van der Waals surface area contributed by atoms with E-state index in [9.17, 15) is 33.8 Å². The van der Waals surface area contributed by atoms with Crippen LogP contribution < -0.4 is 21.3 Å². The number of hydrogen-bond donors (Lipinski definition) is 6. The zero-order chi connectivity index (χ0) is 56.5. The zero-order valence-corrected chi connectivity index (χ0v) is 44.3. The van der Waals surface area contributed by atoms with Gasteiger partial charge in [0.15, 0.2) is 28.7 Å². The molecule has 9 aromatic rings. The topological polar surface area (TPSA) is 303 Å². The highest BCUT2D eigenvalue weighted by Gasteiger charge is 2.47. The maximum atomic E-state index is 14.8. The van der Waals surface area contributed by atoms with Crippen LogP contribution in [-0.4, -0.2) is 130 Å². The number of methoxy groups -OCH3 is 1. The summed E-state index contributed by atoms with van der Waals surface area (Å²) in [6, 6.07) is 18.8. The van der Waals surface area contributed by atoms with Gasteiger partial charge < -0.3 is 49.6 Å². The van der Waals surface area contributed by atoms with Crippen molar-refractivity contribution in [2.24, 2.45) is 37.5 Å². The fourth-order valence-corrected chi connectivity index (χ4v) is 11.2. The number of hydrazine groups is 1. The predicted molar refractivity (Wildman–Crippen MR) is 291 cm³/mol. The second-order valence-corrected chi connectivity index (χ2v) is 19.7. The number of halogens is 1. The molecule has 2 fully saturated rings. The number of aromatic amines is 2. The molecule has 2 amide bonds. The minimum atomic E-state index is -1.38. The number of Topliss-reactive ketones (excluding diaryl/α,β-unsaturated/α-hetero) is 2. The summed E-state index contributed by atoms with van der Waals surface area (Å²) in [6.07, 6.45) is 18.0. The molecule has 2 saturated heterocycles. The summed E-state index contributed by atoms with van der Waals surface area (Å²) in [4.78, 5) is 84.0. The van der Waals surface area contributed by atoms with Crippen LogP contribution >= 0.6 is 0 Å². The van der Waals surface area contributed by atoms with Crippen LogP contribution in [0, 0.1) is 24.6 Å². The summed E-state index contributed by atoms with van der Waals surface area (Å²) in [5.41, 5.74) is 4.86. The maximum Gasteiger partial charge on any atom is 0.295 e. The van der Waals surface area contributed by atoms with E-state index >= 15 is 0 Å². The largest absolute Gasteiger partial charge is 0.494 e. The molecule has 2 unspecified atom stereocenters. The van der Waals surface area contributed by atoms with Gasteiger partial charge in [-0.05, 0) is 43.7 Å². The molecule has 9 heterocycles. The number of piperidine rings is 2. The number of H-pyrrole nitrogens is 2. The molecule has 412 valence electrons. The molecule has 24 heteroatoms. The highest BCUT2D eigenvalue weighted by atomic mass is 19.1. The summed E-state index contributed by atoms with van der Waals surface area (Å²) < 4.78 is 25.4. The first kappa shape index (κ1) is 54.0. The second-order valence-electron chi connectivity index (χ2n) is 19.7. The van der Waals surface area contributed by atoms with Crippen LogP contribution in [0.1, 0.15) is 75.0 Å². The number of pyridine rings is 2. The molecule has 0 saturated carbocycles. The van der Waals surface area contributed by atoms with E-state index in [4.69, 9.17) is 16.3 Å². The molecule has 2 aliphatic rings. The molecule has 2 atom stereocenters. The number of aliphatic hydroxyl groups is 2. The number of nitrogens with one attached hydrogen (secondary N) is 2. The first-order valence-electron chi connectivity index (χ1n) is 25.8. The molecule has 8 N–H and O–H groups in total. The fourth-order valence-electron chi connectivity index (χ4n) is 11.2. The number of fused-ring (bicyclic) bond motifs is 2. The number of benzene rings is 2. The van der Waals surface area contributed by atoms with E-state index < -0.39 is 40.4 Å². The van der Waals surface area contributed by atoms with Gasteiger partial charge in [-0.1, -0.05) is 60.7 Å². The number of amides is 2. The normalized spacial score (nSPS) is 15.8. The maximum absolute atomic E-state index is 14.8. The van der Waals surface area contributed by atoms with Crippen molar-refractivity contribution in [2.75, 3.05) is 38.3 Å². The van der Waals surface area contributed by atoms with Crippen molar-refractivity contribution in [2.45, 2.75) is 43.8 Å². The summed E-state index contributed by atoms with van der Waals surface area (Å²) in [7, 11) is 5.16. The van der Waals surface area contributed by atoms with Crippen LogP contribution in [-0.2, 0) is 34.9 Å². The molecule has 0 spiro atoms. The zero-order valence-electron chi connectivity index (χ0n) is 44.3. The van der Waals surface area contributed by atoms with Crippen molar-refractivity contribution in [3.05, 3.63) is 175 Å². The number of carbonyl (C=O) groups excluding carboxylic acids is 4. The van der Waals surface area contributed by atoms with Crippen molar-refractivity contribution in [1.82, 2.24) is 63.6 Å². The van der Waals surface area contributed by atoms with E-state index in [2.05, 4.69) is 40.0 Å². The van der Waals surface area contributed by atoms with Crippen LogP contribution in [0.5, 0.6) is 5.75 Å². The number of likely N-dealkylation sites (tertiary alicyclic amines) is 2. The van der Waals surface area contributed by atoms with Gasteiger partial charge in [-0.15, -0.1) is 0 Å². The summed E-state index contributed by atoms with van der Waals surface area (Å²) in [5, 5.41) is 30.0. The van der Waals surface area contributed by atoms with Crippen molar-refractivity contribution in [3.8, 4) is 11.6 Å². The van der Waals surface area contributed by atoms with Gasteiger partial charge in [-0.2, -0.15) is 5.10 Å². The smallest absolute Gasteiger partial charge is 0.295 e. The van der Waals surface area contributed by atoms with Gasteiger partial charge in [0.05, 0.1) is 52.4 Å². The van der Waals surface area contributed by atoms with Gasteiger partial charge in [-0.3, -0.25) is 24.2 Å². The number of rotatable bonds is 14. The number of ether oxygens (including phenoxy) is 1. The van der Waals surface area contributed by atoms with E-state index in [1.54, 1.807) is 41.2 Å². The van der Waals surface area contributed by atoms with E-state index in [1.807, 2.05) is 79.3 Å². The minimum absolute atomic E-state index is 0.0812. The second kappa shape index (κ2) is 22.2. The molecule has 11 rings (SSSR count). The van der Waals surface area contributed by atoms with Crippen LogP contribution in [0.15, 0.2) is 129 Å². The SMILES string of the molecule is COc1cnc(-n2cnc(C)n2)c2[nH]cc(C(=O)C(=O)N3CCC(C(O)(c4ccccc4)c4nccn4C)CC3)c12.Cn1ccnc1C(O)(c1ccccc1)C1CCN(C(=O)C(=O)c2c[nH]c3c(N(N)/C=C\N)ncc(F)c23)CC1. The highest BCUT2D eigenvalue weighted by molar-refractivity contribution is 6.45. The van der Waals surface area contributed by atoms with Crippen molar-refractivity contribution in [1.29, 1.82) is 0 Å². The third kappa shape index (κ3) is 9.61. The van der Waals surface area contributed by atoms with Gasteiger partial charge >= 0.3 is 0 Å². The Labute approximate surface area is 457 Å². The number of nitrogens with two attached hydrogens (primary N) is 2. The monoisotopic (exact) mass is 1090 g/mol. The number of nitrogens with zero attached hydrogens (tertiary/aromatic N) is 12. The molecule has 80 heavy (non-hydrogen) atoms. The van der Waals surface area contributed by atoms with Gasteiger partial charge in [-0.25, -0.2) is 39.8 Å². The van der Waals surface area contributed by atoms with Crippen molar-refractivity contribution in [3.63, 3.8) is 0 Å². The third-order valence-corrected chi connectivity index (χ3v) is 15.2. The van der Waals surface area contributed by atoms with E-state index in [0.29, 0.717) is 84.3 Å². The van der Waals surface area contributed by atoms with E-state index in [0.717, 1.165) is 16.8 Å². The first-order chi connectivity index (χ1) is 38.6. The lowest BCUT2D eigenvalue weighted by atomic mass is 9.75. The summed E-state index contributed by atoms with van der Waals surface area (Å²) in [6.45, 7) is 2.88. The number of aromatic nitrogens is 11. The average Bonchev–Trinajstić information content (AvgIpc) is 4.42. The molecular formula is C56H59FN16O7. The van der Waals surface area contributed by atoms with Crippen molar-refractivity contribution < 1.29 is 38.5 Å². The van der Waals surface area contributed by atoms with Crippen molar-refractivity contribution >= 4 is 51.0 Å². The van der Waals surface area contributed by atoms with Crippen LogP contribution in [0.4, 0.5) is 10.2 Å². The molecule has 23 nitrogen and oxygen atoms in total. The standard InChI is InChI=1S/C29H30N8O4.C27H29FN8O3/c1-18-33-17-37(34-18)26-24-23(22(41-3)16-32-26)21(15-31-24)25(38)27(39)36-12-9-20(10-13-36)29(40,19-7-5-4-6-8-19)28-30-11-14-35(28)2;1-34-14-10-31-26(34)27(39,17-5-3-2-4-6-17)18-7-11-35(12-8-18)25(38)23(37)19-15-32-22-21(19)20(28)16-33-24(22)36(30)13-9-29/h4-8,11,14-17,20,31,40H,9-10,12-13H2,1-3H3;2-6,9-10,13-16,18,32,39H,7-8,11-12,29-30H2,1H3/b;13-9-. The molecule has 0 bridgehead atoms. The van der Waals surface area contributed by atoms with Gasteiger partial charge in [0.25, 0.3) is 23.4 Å². The lowest BCUT2D eigenvalue weighted by Crippen LogP contribution is -2.48. The first-order valence-corrected chi connectivity index (χ1v) is 25.8. The Morgan fingerprint density at radius 2 is 1.23 bits per heavy atom. The molecule has 0 aliphatic carbocycles. The Balaban J connectivity index is 0.000000180. The molecule has 2 aliphatic heterocycles. The molecular weight excluding hydrogens is 1030 g/mol. The number of carbonyl (C=O) groups is 4. The number of anilines is 1. The predicted octanol–water partition coefficient (Wildman–Crippen LogP) is 4.45. The third-order valence-electron chi connectivity index (χ3n) is 15.2. The molecule has 0 radical (unpaired) electrons. The number of aryl methyl sites for hydroxylation is 3. The molecule has 7 aromatic heterocycles. The average molecular weight is 1090 g/mol. The Morgan fingerprint density at radius 1 is 0.725 bits per heavy atom. The minimum Gasteiger partial charge on any atom is -0.494 e. The lowest BCUT2D eigenvalue weighted by molar-refractivity contribution is -0.129. The van der Waals surface area contributed by atoms with Gasteiger partial charge in [0.2, 0.25) is 0 Å². The highest BCUT2D eigenvalue weighted by Crippen LogP contribution is 2.43. The van der Waals surface area contributed by atoms with Crippen LogP contribution in [0.3, 0.4) is 0 Å². The lowest BCUT2D eigenvalue weighted by Gasteiger charge is -2.41. The molecule has 2 aromatic carbocycles. The quantitative estimate of drug-likeness (QED) is 0.0379. The Bertz CT molecular complexity index is 3760. The Kier molecular flexibility index (Phi) is 15.0. The van der Waals surface area contributed by atoms with E-state index in [-0.39, 0.29) is 52.8 Å². The van der Waals surface area contributed by atoms with Crippen LogP contribution in [0.2, 0.25) is 0 Å². The van der Waals surface area contributed by atoms with Crippen LogP contribution in [0.25, 0.3) is 27.6 Å². The van der Waals surface area contributed by atoms with Gasteiger partial charge in [0, 0.05) is 102 Å². The Morgan fingerprint density at radius 3 is 1.68 bits per heavy atom. The fraction of sp³-hybridized carbons (Fsp3) is 0.286. The van der Waals surface area contributed by atoms with Gasteiger partial charge in [0.1, 0.15) is 29.6 Å². The number of imidazole rings is 2. The Hall–Kier alpha value is -9.39. The summed E-state index contributed by atoms with van der Waals surface area (Å²) >= 11 is 0. The number of ketones is 2. The van der Waals surface area contributed by atoms with E-state index in [1.165, 1.54) is 54.0 Å².